The van der Waals surface area contributed by atoms with Crippen LogP contribution in [-0.2, 0) is 4.84 Å². The van der Waals surface area contributed by atoms with E-state index in [-0.39, 0.29) is 28.8 Å². The fraction of sp³-hybridized carbons (Fsp3) is 0.182. The van der Waals surface area contributed by atoms with Gasteiger partial charge in [0.1, 0.15) is 0 Å². The van der Waals surface area contributed by atoms with Gasteiger partial charge >= 0.3 is 0 Å². The van der Waals surface area contributed by atoms with Gasteiger partial charge in [-0.05, 0) is 12.1 Å². The Hall–Kier alpha value is -1.38. The van der Waals surface area contributed by atoms with E-state index in [0.29, 0.717) is 16.9 Å². The van der Waals surface area contributed by atoms with Crippen molar-refractivity contribution in [2.24, 2.45) is 5.73 Å². The second-order valence-corrected chi connectivity index (χ2v) is 4.63. The van der Waals surface area contributed by atoms with Crippen LogP contribution in [0.4, 0.5) is 0 Å². The molecule has 1 aliphatic heterocycles. The number of amidine groups is 1. The number of imide groups is 1. The van der Waals surface area contributed by atoms with Crippen LogP contribution in [0.5, 0.6) is 0 Å². The predicted molar refractivity (Wildman–Crippen MR) is 77.6 cm³/mol. The molecule has 0 unspecified atom stereocenters. The van der Waals surface area contributed by atoms with Crippen molar-refractivity contribution in [3.8, 4) is 0 Å². The molecule has 1 aliphatic rings. The summed E-state index contributed by atoms with van der Waals surface area (Å²) in [4.78, 5) is 28.8. The predicted octanol–water partition coefficient (Wildman–Crippen LogP) is 1.42. The molecule has 102 valence electrons. The Labute approximate surface area is 124 Å². The molecular formula is C11H12BrN3O3S. The number of carbonyl (C=O) groups excluding carboxylic acids is 2. The number of halogens is 1. The fourth-order valence-electron chi connectivity index (χ4n) is 1.56. The van der Waals surface area contributed by atoms with Crippen LogP contribution in [0.15, 0.2) is 24.3 Å². The largest absolute Gasteiger partial charge is 0.379 e. The number of nitrogens with one attached hydrogen (secondary N) is 1. The standard InChI is InChI=1S/C11H11N3O3S.BrH/c12-11(13)18-6-5-17-14-9(15)7-3-1-2-4-8(7)10(14)16;/h1-4H,5-6H2,(H3,12,13);1H. The zero-order chi connectivity index (χ0) is 13.1. The second-order valence-electron chi connectivity index (χ2n) is 3.50. The molecule has 19 heavy (non-hydrogen) atoms. The number of nitrogens with zero attached hydrogens (tertiary/aromatic N) is 1. The van der Waals surface area contributed by atoms with Crippen LogP contribution in [0, 0.1) is 5.41 Å². The maximum Gasteiger partial charge on any atom is 0.285 e. The minimum atomic E-state index is -0.455. The molecule has 6 nitrogen and oxygen atoms in total. The van der Waals surface area contributed by atoms with E-state index < -0.39 is 11.8 Å². The molecule has 0 saturated heterocycles. The van der Waals surface area contributed by atoms with Crippen molar-refractivity contribution in [1.82, 2.24) is 5.06 Å². The van der Waals surface area contributed by atoms with E-state index in [9.17, 15) is 9.59 Å². The lowest BCUT2D eigenvalue weighted by atomic mass is 10.1. The lowest BCUT2D eigenvalue weighted by Crippen LogP contribution is -2.31. The first-order chi connectivity index (χ1) is 8.61. The molecule has 0 atom stereocenters. The van der Waals surface area contributed by atoms with Crippen LogP contribution in [-0.4, -0.2) is 34.4 Å². The topological polar surface area (TPSA) is 96.5 Å². The van der Waals surface area contributed by atoms with Crippen molar-refractivity contribution >= 4 is 45.7 Å². The first kappa shape index (κ1) is 15.7. The molecule has 0 bridgehead atoms. The van der Waals surface area contributed by atoms with Crippen LogP contribution in [0.2, 0.25) is 0 Å². The van der Waals surface area contributed by atoms with Gasteiger partial charge in [0.05, 0.1) is 17.7 Å². The number of hydrogen-bond donors (Lipinski definition) is 2. The number of thioether (sulfide) groups is 1. The summed E-state index contributed by atoms with van der Waals surface area (Å²) >= 11 is 1.09. The van der Waals surface area contributed by atoms with Crippen LogP contribution in [0.3, 0.4) is 0 Å². The third-order valence-corrected chi connectivity index (χ3v) is 3.00. The third kappa shape index (κ3) is 3.34. The Morgan fingerprint density at radius 2 is 1.79 bits per heavy atom. The Morgan fingerprint density at radius 3 is 2.26 bits per heavy atom. The molecule has 2 rings (SSSR count). The average molecular weight is 346 g/mol. The normalized spacial score (nSPS) is 13.2. The molecule has 0 spiro atoms. The minimum Gasteiger partial charge on any atom is -0.379 e. The Kier molecular flexibility index (Phi) is 5.52. The van der Waals surface area contributed by atoms with Gasteiger partial charge in [0, 0.05) is 5.75 Å². The van der Waals surface area contributed by atoms with Crippen LogP contribution in [0.1, 0.15) is 20.7 Å². The van der Waals surface area contributed by atoms with Crippen LogP contribution in [0.25, 0.3) is 0 Å². The van der Waals surface area contributed by atoms with Gasteiger partial charge in [-0.1, -0.05) is 23.9 Å². The molecule has 0 fully saturated rings. The zero-order valence-electron chi connectivity index (χ0n) is 9.79. The summed E-state index contributed by atoms with van der Waals surface area (Å²) in [5.74, 6) is -0.505. The molecule has 3 N–H and O–H groups in total. The SMILES string of the molecule is Br.N=C(N)SCCON1C(=O)c2ccccc2C1=O. The number of nitrogens with two attached hydrogens (primary N) is 1. The quantitative estimate of drug-likeness (QED) is 0.372. The zero-order valence-corrected chi connectivity index (χ0v) is 12.3. The summed E-state index contributed by atoms with van der Waals surface area (Å²) in [6.45, 7) is 0.135. The van der Waals surface area contributed by atoms with Crippen molar-refractivity contribution in [3.63, 3.8) is 0 Å². The lowest BCUT2D eigenvalue weighted by Gasteiger charge is -2.12. The van der Waals surface area contributed by atoms with Gasteiger partial charge in [0.25, 0.3) is 11.8 Å². The highest BCUT2D eigenvalue weighted by molar-refractivity contribution is 8.93. The molecule has 8 heteroatoms. The smallest absolute Gasteiger partial charge is 0.285 e. The summed E-state index contributed by atoms with van der Waals surface area (Å²) in [7, 11) is 0. The van der Waals surface area contributed by atoms with Crippen molar-refractivity contribution < 1.29 is 14.4 Å². The maximum atomic E-state index is 11.8. The minimum absolute atomic E-state index is 0. The van der Waals surface area contributed by atoms with E-state index in [1.54, 1.807) is 24.3 Å². The van der Waals surface area contributed by atoms with Gasteiger partial charge < -0.3 is 5.73 Å². The molecule has 0 aromatic heterocycles. The van der Waals surface area contributed by atoms with E-state index in [1.807, 2.05) is 0 Å². The molecule has 2 amide bonds. The summed E-state index contributed by atoms with van der Waals surface area (Å²) in [6, 6.07) is 6.56. The fourth-order valence-corrected chi connectivity index (χ4v) is 1.94. The summed E-state index contributed by atoms with van der Waals surface area (Å²) in [5.41, 5.74) is 5.85. The second kappa shape index (κ2) is 6.69. The van der Waals surface area contributed by atoms with E-state index >= 15 is 0 Å². The number of carbonyl (C=O) groups is 2. The number of amides is 2. The van der Waals surface area contributed by atoms with Gasteiger partial charge in [-0.25, -0.2) is 0 Å². The Bertz CT molecular complexity index is 489. The molecule has 1 heterocycles. The average Bonchev–Trinajstić information content (AvgIpc) is 2.59. The van der Waals surface area contributed by atoms with Gasteiger partial charge in [0.15, 0.2) is 5.17 Å². The molecule has 0 radical (unpaired) electrons. The Balaban J connectivity index is 0.00000180. The molecule has 1 aromatic carbocycles. The molecule has 0 saturated carbocycles. The van der Waals surface area contributed by atoms with Crippen molar-refractivity contribution in [3.05, 3.63) is 35.4 Å². The summed E-state index contributed by atoms with van der Waals surface area (Å²) in [5, 5.41) is 7.73. The number of hydroxylamine groups is 2. The van der Waals surface area contributed by atoms with E-state index in [0.717, 1.165) is 16.8 Å². The lowest BCUT2D eigenvalue weighted by molar-refractivity contribution is -0.0852. The number of benzene rings is 1. The number of hydrogen-bond acceptors (Lipinski definition) is 5. The highest BCUT2D eigenvalue weighted by Gasteiger charge is 2.36. The first-order valence-electron chi connectivity index (χ1n) is 5.19. The summed E-state index contributed by atoms with van der Waals surface area (Å²) in [6.07, 6.45) is 0. The highest BCUT2D eigenvalue weighted by Crippen LogP contribution is 2.22. The van der Waals surface area contributed by atoms with Gasteiger partial charge in [-0.15, -0.1) is 22.0 Å². The molecular weight excluding hydrogens is 334 g/mol. The monoisotopic (exact) mass is 345 g/mol. The van der Waals surface area contributed by atoms with Crippen LogP contribution >= 0.6 is 28.7 Å². The maximum absolute atomic E-state index is 11.8. The molecule has 1 aromatic rings. The van der Waals surface area contributed by atoms with E-state index in [4.69, 9.17) is 16.0 Å². The van der Waals surface area contributed by atoms with Crippen LogP contribution < -0.4 is 5.73 Å². The molecule has 0 aliphatic carbocycles. The van der Waals surface area contributed by atoms with E-state index in [2.05, 4.69) is 0 Å². The third-order valence-electron chi connectivity index (χ3n) is 2.32. The number of fused-ring (bicyclic) bond motifs is 1. The Morgan fingerprint density at radius 1 is 1.26 bits per heavy atom. The number of rotatable bonds is 4. The van der Waals surface area contributed by atoms with Crippen molar-refractivity contribution in [2.45, 2.75) is 0 Å². The van der Waals surface area contributed by atoms with Gasteiger partial charge in [-0.2, -0.15) is 0 Å². The van der Waals surface area contributed by atoms with E-state index in [1.165, 1.54) is 0 Å². The summed E-state index contributed by atoms with van der Waals surface area (Å²) < 4.78 is 0. The first-order valence-corrected chi connectivity index (χ1v) is 6.17. The highest BCUT2D eigenvalue weighted by atomic mass is 79.9. The van der Waals surface area contributed by atoms with Gasteiger partial charge in [-0.3, -0.25) is 19.8 Å². The van der Waals surface area contributed by atoms with Crippen molar-refractivity contribution in [1.29, 1.82) is 5.41 Å². The van der Waals surface area contributed by atoms with Crippen molar-refractivity contribution in [2.75, 3.05) is 12.4 Å². The van der Waals surface area contributed by atoms with Gasteiger partial charge in [0.2, 0.25) is 0 Å².